The zero-order valence-electron chi connectivity index (χ0n) is 17.6. The van der Waals surface area contributed by atoms with E-state index < -0.39 is 0 Å². The van der Waals surface area contributed by atoms with Crippen molar-refractivity contribution in [3.63, 3.8) is 0 Å². The maximum absolute atomic E-state index is 5.78. The molecule has 0 atom stereocenters. The molecule has 1 aromatic heterocycles. The molecule has 0 spiro atoms. The van der Waals surface area contributed by atoms with Gasteiger partial charge in [0.25, 0.3) is 0 Å². The van der Waals surface area contributed by atoms with Crippen LogP contribution in [0.25, 0.3) is 10.9 Å². The molecule has 0 saturated heterocycles. The van der Waals surface area contributed by atoms with Crippen LogP contribution in [-0.2, 0) is 11.3 Å². The number of nitrogens with zero attached hydrogens (tertiary/aromatic N) is 4. The molecular weight excluding hydrogens is 350 g/mol. The highest BCUT2D eigenvalue weighted by atomic mass is 16.5. The van der Waals surface area contributed by atoms with Gasteiger partial charge in [-0.3, -0.25) is 0 Å². The van der Waals surface area contributed by atoms with Gasteiger partial charge in [0.05, 0.1) is 18.7 Å². The number of pyridine rings is 1. The van der Waals surface area contributed by atoms with Crippen LogP contribution in [0.3, 0.4) is 0 Å². The van der Waals surface area contributed by atoms with E-state index >= 15 is 0 Å². The summed E-state index contributed by atoms with van der Waals surface area (Å²) in [7, 11) is 6.10. The fourth-order valence-corrected chi connectivity index (χ4v) is 3.06. The number of benzene rings is 1. The number of likely N-dealkylation sites (N-methyl/N-ethyl adjacent to an activating group) is 1. The lowest BCUT2D eigenvalue weighted by molar-refractivity contribution is 0.115. The Morgan fingerprint density at radius 1 is 1.25 bits per heavy atom. The lowest BCUT2D eigenvalue weighted by atomic mass is 10.1. The van der Waals surface area contributed by atoms with Gasteiger partial charge in [-0.1, -0.05) is 18.2 Å². The molecular formula is C22H33N5O. The number of para-hydroxylation sites is 1. The smallest absolute Gasteiger partial charge is 0.194 e. The van der Waals surface area contributed by atoms with E-state index in [1.165, 1.54) is 18.4 Å². The third-order valence-corrected chi connectivity index (χ3v) is 4.96. The molecule has 6 nitrogen and oxygen atoms in total. The fourth-order valence-electron chi connectivity index (χ4n) is 3.06. The Morgan fingerprint density at radius 3 is 2.75 bits per heavy atom. The van der Waals surface area contributed by atoms with E-state index in [2.05, 4.69) is 48.5 Å². The number of ether oxygens (including phenoxy) is 1. The Labute approximate surface area is 168 Å². The van der Waals surface area contributed by atoms with E-state index in [9.17, 15) is 0 Å². The van der Waals surface area contributed by atoms with Crippen LogP contribution in [0.1, 0.15) is 25.3 Å². The normalized spacial score (nSPS) is 14.4. The van der Waals surface area contributed by atoms with E-state index in [-0.39, 0.29) is 0 Å². The largest absolute Gasteiger partial charge is 0.379 e. The summed E-state index contributed by atoms with van der Waals surface area (Å²) in [5, 5.41) is 4.55. The van der Waals surface area contributed by atoms with Gasteiger partial charge in [-0.15, -0.1) is 0 Å². The summed E-state index contributed by atoms with van der Waals surface area (Å²) >= 11 is 0. The summed E-state index contributed by atoms with van der Waals surface area (Å²) in [5.41, 5.74) is 2.19. The SMILES string of the molecule is CCNC(=NCc1cc(N(C)C)nc2ccccc12)N(C)CCOCC1CC1. The molecule has 1 fully saturated rings. The molecule has 6 heteroatoms. The zero-order valence-corrected chi connectivity index (χ0v) is 17.6. The number of nitrogens with one attached hydrogen (secondary N) is 1. The van der Waals surface area contributed by atoms with Gasteiger partial charge in [-0.05, 0) is 43.4 Å². The molecule has 0 amide bonds. The molecule has 1 heterocycles. The first-order valence-electron chi connectivity index (χ1n) is 10.2. The van der Waals surface area contributed by atoms with Gasteiger partial charge in [0.15, 0.2) is 5.96 Å². The molecule has 2 aromatic rings. The minimum atomic E-state index is 0.611. The molecule has 28 heavy (non-hydrogen) atoms. The average molecular weight is 384 g/mol. The Bertz CT molecular complexity index is 801. The molecule has 1 aliphatic rings. The maximum Gasteiger partial charge on any atom is 0.194 e. The third kappa shape index (κ3) is 5.58. The van der Waals surface area contributed by atoms with E-state index in [0.29, 0.717) is 6.54 Å². The quantitative estimate of drug-likeness (QED) is 0.410. The van der Waals surface area contributed by atoms with Gasteiger partial charge in [0.2, 0.25) is 0 Å². The summed E-state index contributed by atoms with van der Waals surface area (Å²) in [6.45, 7) is 6.02. The Balaban J connectivity index is 1.72. The molecule has 3 rings (SSSR count). The number of fused-ring (bicyclic) bond motifs is 1. The summed E-state index contributed by atoms with van der Waals surface area (Å²) < 4.78 is 5.78. The molecule has 0 radical (unpaired) electrons. The second-order valence-corrected chi connectivity index (χ2v) is 7.66. The highest BCUT2D eigenvalue weighted by Crippen LogP contribution is 2.28. The van der Waals surface area contributed by atoms with E-state index in [1.54, 1.807) is 0 Å². The fraction of sp³-hybridized carbons (Fsp3) is 0.545. The van der Waals surface area contributed by atoms with Crippen LogP contribution in [0.5, 0.6) is 0 Å². The standard InChI is InChI=1S/C22H33N5O/c1-5-23-22(27(4)12-13-28-16-17-10-11-17)24-15-18-14-21(26(2)3)25-20-9-7-6-8-19(18)20/h6-9,14,17H,5,10-13,15-16H2,1-4H3,(H,23,24). The molecule has 1 saturated carbocycles. The highest BCUT2D eigenvalue weighted by molar-refractivity contribution is 5.85. The first-order chi connectivity index (χ1) is 13.6. The summed E-state index contributed by atoms with van der Waals surface area (Å²) in [4.78, 5) is 13.8. The minimum absolute atomic E-state index is 0.611. The van der Waals surface area contributed by atoms with Crippen LogP contribution >= 0.6 is 0 Å². The average Bonchev–Trinajstić information content (AvgIpc) is 3.52. The predicted molar refractivity (Wildman–Crippen MR) is 117 cm³/mol. The van der Waals surface area contributed by atoms with Crippen LogP contribution in [0.4, 0.5) is 5.82 Å². The molecule has 0 unspecified atom stereocenters. The van der Waals surface area contributed by atoms with E-state index in [4.69, 9.17) is 14.7 Å². The van der Waals surface area contributed by atoms with Crippen LogP contribution in [0.15, 0.2) is 35.3 Å². The predicted octanol–water partition coefficient (Wildman–Crippen LogP) is 3.12. The topological polar surface area (TPSA) is 53.0 Å². The van der Waals surface area contributed by atoms with Crippen LogP contribution < -0.4 is 10.2 Å². The second kappa shape index (κ2) is 9.73. The summed E-state index contributed by atoms with van der Waals surface area (Å²) in [6, 6.07) is 10.4. The van der Waals surface area contributed by atoms with Crippen molar-refractivity contribution in [2.45, 2.75) is 26.3 Å². The Kier molecular flexibility index (Phi) is 7.09. The van der Waals surface area contributed by atoms with Crippen molar-refractivity contribution < 1.29 is 4.74 Å². The van der Waals surface area contributed by atoms with E-state index in [1.807, 2.05) is 25.1 Å². The summed E-state index contributed by atoms with van der Waals surface area (Å²) in [5.74, 6) is 2.67. The van der Waals surface area contributed by atoms with Gasteiger partial charge >= 0.3 is 0 Å². The number of hydrogen-bond donors (Lipinski definition) is 1. The number of anilines is 1. The van der Waals surface area contributed by atoms with Crippen molar-refractivity contribution in [3.8, 4) is 0 Å². The van der Waals surface area contributed by atoms with E-state index in [0.717, 1.165) is 54.9 Å². The molecule has 0 aliphatic heterocycles. The first kappa shape index (κ1) is 20.4. The van der Waals surface area contributed by atoms with Crippen molar-refractivity contribution in [2.75, 3.05) is 52.3 Å². The monoisotopic (exact) mass is 383 g/mol. The van der Waals surface area contributed by atoms with Crippen LogP contribution in [0, 0.1) is 5.92 Å². The number of aliphatic imine (C=N–C) groups is 1. The van der Waals surface area contributed by atoms with Gasteiger partial charge in [-0.2, -0.15) is 0 Å². The molecule has 1 aliphatic carbocycles. The second-order valence-electron chi connectivity index (χ2n) is 7.66. The molecule has 1 aromatic carbocycles. The summed E-state index contributed by atoms with van der Waals surface area (Å²) in [6.07, 6.45) is 2.66. The maximum atomic E-state index is 5.78. The van der Waals surface area contributed by atoms with Crippen molar-refractivity contribution >= 4 is 22.7 Å². The van der Waals surface area contributed by atoms with Gasteiger partial charge in [0, 0.05) is 46.2 Å². The van der Waals surface area contributed by atoms with Gasteiger partial charge in [0.1, 0.15) is 5.82 Å². The van der Waals surface area contributed by atoms with Gasteiger partial charge < -0.3 is 19.9 Å². The number of rotatable bonds is 9. The lowest BCUT2D eigenvalue weighted by Crippen LogP contribution is -2.40. The number of hydrogen-bond acceptors (Lipinski definition) is 4. The van der Waals surface area contributed by atoms with Crippen molar-refractivity contribution in [1.82, 2.24) is 15.2 Å². The van der Waals surface area contributed by atoms with Crippen LogP contribution in [-0.4, -0.2) is 63.3 Å². The Hall–Kier alpha value is -2.34. The molecule has 0 bridgehead atoms. The van der Waals surface area contributed by atoms with Crippen molar-refractivity contribution in [2.24, 2.45) is 10.9 Å². The number of aromatic nitrogens is 1. The Morgan fingerprint density at radius 2 is 2.04 bits per heavy atom. The van der Waals surface area contributed by atoms with Gasteiger partial charge in [-0.25, -0.2) is 9.98 Å². The lowest BCUT2D eigenvalue weighted by Gasteiger charge is -2.22. The molecule has 152 valence electrons. The highest BCUT2D eigenvalue weighted by Gasteiger charge is 2.21. The molecule has 1 N–H and O–H groups in total. The number of guanidine groups is 1. The van der Waals surface area contributed by atoms with Crippen LogP contribution in [0.2, 0.25) is 0 Å². The van der Waals surface area contributed by atoms with Crippen molar-refractivity contribution in [1.29, 1.82) is 0 Å². The zero-order chi connectivity index (χ0) is 19.9. The van der Waals surface area contributed by atoms with Crippen molar-refractivity contribution in [3.05, 3.63) is 35.9 Å². The minimum Gasteiger partial charge on any atom is -0.379 e. The first-order valence-corrected chi connectivity index (χ1v) is 10.2. The third-order valence-electron chi connectivity index (χ3n) is 4.96.